The van der Waals surface area contributed by atoms with E-state index in [1.807, 2.05) is 30.6 Å². The molecule has 0 radical (unpaired) electrons. The van der Waals surface area contributed by atoms with E-state index < -0.39 is 0 Å². The zero-order chi connectivity index (χ0) is 12.8. The standard InChI is InChI=1S/C15H20N2O/c1-12-4-2-3-5-15(12)18-9-7-13(10-16)14-6-8-17-11-14/h2-6,8,11,13,17H,7,9-10,16H2,1H3. The summed E-state index contributed by atoms with van der Waals surface area (Å²) in [6.45, 7) is 3.40. The highest BCUT2D eigenvalue weighted by atomic mass is 16.5. The number of aryl methyl sites for hydroxylation is 1. The molecule has 18 heavy (non-hydrogen) atoms. The number of rotatable bonds is 6. The molecule has 0 aliphatic heterocycles. The fourth-order valence-corrected chi connectivity index (χ4v) is 2.04. The summed E-state index contributed by atoms with van der Waals surface area (Å²) >= 11 is 0. The maximum atomic E-state index is 5.80. The van der Waals surface area contributed by atoms with E-state index in [-0.39, 0.29) is 0 Å². The van der Waals surface area contributed by atoms with E-state index in [0.29, 0.717) is 19.1 Å². The second-order valence-electron chi connectivity index (χ2n) is 4.48. The highest BCUT2D eigenvalue weighted by molar-refractivity contribution is 5.31. The predicted molar refractivity (Wildman–Crippen MR) is 73.9 cm³/mol. The molecular weight excluding hydrogens is 224 g/mol. The first-order chi connectivity index (χ1) is 8.81. The van der Waals surface area contributed by atoms with Crippen LogP contribution in [0, 0.1) is 6.92 Å². The average molecular weight is 244 g/mol. The van der Waals surface area contributed by atoms with Gasteiger partial charge in [0.05, 0.1) is 6.61 Å². The van der Waals surface area contributed by atoms with Gasteiger partial charge >= 0.3 is 0 Å². The molecule has 1 atom stereocenters. The van der Waals surface area contributed by atoms with Gasteiger partial charge in [0, 0.05) is 18.3 Å². The zero-order valence-corrected chi connectivity index (χ0v) is 10.7. The number of H-pyrrole nitrogens is 1. The third-order valence-corrected chi connectivity index (χ3v) is 3.20. The highest BCUT2D eigenvalue weighted by Crippen LogP contribution is 2.20. The van der Waals surface area contributed by atoms with E-state index in [4.69, 9.17) is 10.5 Å². The van der Waals surface area contributed by atoms with Crippen molar-refractivity contribution in [1.29, 1.82) is 0 Å². The van der Waals surface area contributed by atoms with Crippen LogP contribution in [0.25, 0.3) is 0 Å². The Morgan fingerprint density at radius 1 is 1.28 bits per heavy atom. The first kappa shape index (κ1) is 12.7. The van der Waals surface area contributed by atoms with Crippen molar-refractivity contribution in [2.24, 2.45) is 5.73 Å². The molecule has 1 aromatic carbocycles. The van der Waals surface area contributed by atoms with Crippen LogP contribution in [0.3, 0.4) is 0 Å². The van der Waals surface area contributed by atoms with Gasteiger partial charge in [-0.05, 0) is 43.1 Å². The number of ether oxygens (including phenoxy) is 1. The van der Waals surface area contributed by atoms with Crippen LogP contribution in [-0.2, 0) is 0 Å². The Balaban J connectivity index is 1.86. The summed E-state index contributed by atoms with van der Waals surface area (Å²) in [5, 5.41) is 0. The van der Waals surface area contributed by atoms with Crippen LogP contribution < -0.4 is 10.5 Å². The number of nitrogens with two attached hydrogens (primary N) is 1. The molecule has 1 heterocycles. The minimum absolute atomic E-state index is 0.361. The van der Waals surface area contributed by atoms with Crippen LogP contribution in [0.1, 0.15) is 23.5 Å². The lowest BCUT2D eigenvalue weighted by atomic mass is 9.99. The van der Waals surface area contributed by atoms with E-state index in [1.54, 1.807) is 0 Å². The molecule has 0 bridgehead atoms. The molecule has 1 aromatic heterocycles. The first-order valence-corrected chi connectivity index (χ1v) is 6.32. The van der Waals surface area contributed by atoms with E-state index >= 15 is 0 Å². The zero-order valence-electron chi connectivity index (χ0n) is 10.7. The Hall–Kier alpha value is -1.74. The van der Waals surface area contributed by atoms with Crippen molar-refractivity contribution in [2.75, 3.05) is 13.2 Å². The lowest BCUT2D eigenvalue weighted by Crippen LogP contribution is -2.15. The number of nitrogens with one attached hydrogen (secondary N) is 1. The van der Waals surface area contributed by atoms with Crippen molar-refractivity contribution < 1.29 is 4.74 Å². The molecule has 0 aliphatic rings. The van der Waals surface area contributed by atoms with Crippen molar-refractivity contribution in [3.8, 4) is 5.75 Å². The summed E-state index contributed by atoms with van der Waals surface area (Å²) in [6.07, 6.45) is 4.87. The Labute approximate surface area is 108 Å². The van der Waals surface area contributed by atoms with E-state index in [2.05, 4.69) is 24.0 Å². The fourth-order valence-electron chi connectivity index (χ4n) is 2.04. The number of aromatic amines is 1. The fraction of sp³-hybridized carbons (Fsp3) is 0.333. The maximum absolute atomic E-state index is 5.80. The Morgan fingerprint density at radius 2 is 2.11 bits per heavy atom. The molecule has 0 spiro atoms. The first-order valence-electron chi connectivity index (χ1n) is 6.32. The van der Waals surface area contributed by atoms with Crippen LogP contribution in [-0.4, -0.2) is 18.1 Å². The van der Waals surface area contributed by atoms with Gasteiger partial charge in [-0.2, -0.15) is 0 Å². The number of hydrogen-bond acceptors (Lipinski definition) is 2. The summed E-state index contributed by atoms with van der Waals surface area (Å²) in [4.78, 5) is 3.07. The number of hydrogen-bond donors (Lipinski definition) is 2. The van der Waals surface area contributed by atoms with Crippen molar-refractivity contribution in [3.63, 3.8) is 0 Å². The smallest absolute Gasteiger partial charge is 0.122 e. The van der Waals surface area contributed by atoms with Crippen LogP contribution >= 0.6 is 0 Å². The lowest BCUT2D eigenvalue weighted by Gasteiger charge is -2.14. The molecule has 0 fully saturated rings. The summed E-state index contributed by atoms with van der Waals surface area (Å²) < 4.78 is 5.80. The van der Waals surface area contributed by atoms with Crippen molar-refractivity contribution >= 4 is 0 Å². The summed E-state index contributed by atoms with van der Waals surface area (Å²) in [5.41, 5.74) is 8.23. The Bertz CT molecular complexity index is 465. The molecule has 3 nitrogen and oxygen atoms in total. The normalized spacial score (nSPS) is 12.3. The van der Waals surface area contributed by atoms with Crippen molar-refractivity contribution in [2.45, 2.75) is 19.3 Å². The van der Waals surface area contributed by atoms with Gasteiger partial charge in [-0.3, -0.25) is 0 Å². The molecule has 0 amide bonds. The SMILES string of the molecule is Cc1ccccc1OCCC(CN)c1cc[nH]c1. The van der Waals surface area contributed by atoms with E-state index in [0.717, 1.165) is 12.2 Å². The largest absolute Gasteiger partial charge is 0.493 e. The van der Waals surface area contributed by atoms with Crippen LogP contribution in [0.5, 0.6) is 5.75 Å². The van der Waals surface area contributed by atoms with Crippen LogP contribution in [0.15, 0.2) is 42.7 Å². The van der Waals surface area contributed by atoms with Gasteiger partial charge in [0.25, 0.3) is 0 Å². The third kappa shape index (κ3) is 3.14. The van der Waals surface area contributed by atoms with E-state index in [1.165, 1.54) is 11.1 Å². The molecule has 3 heteroatoms. The number of para-hydroxylation sites is 1. The molecule has 0 aliphatic carbocycles. The van der Waals surface area contributed by atoms with Gasteiger partial charge in [-0.1, -0.05) is 18.2 Å². The second-order valence-corrected chi connectivity index (χ2v) is 4.48. The van der Waals surface area contributed by atoms with E-state index in [9.17, 15) is 0 Å². The minimum Gasteiger partial charge on any atom is -0.493 e. The predicted octanol–water partition coefficient (Wildman–Crippen LogP) is 2.83. The van der Waals surface area contributed by atoms with Crippen LogP contribution in [0.4, 0.5) is 0 Å². The molecule has 2 rings (SSSR count). The topological polar surface area (TPSA) is 51.0 Å². The average Bonchev–Trinajstić information content (AvgIpc) is 2.90. The van der Waals surface area contributed by atoms with Gasteiger partial charge < -0.3 is 15.5 Å². The molecule has 0 saturated heterocycles. The van der Waals surface area contributed by atoms with Crippen molar-refractivity contribution in [3.05, 3.63) is 53.9 Å². The molecular formula is C15H20N2O. The minimum atomic E-state index is 0.361. The van der Waals surface area contributed by atoms with Crippen LogP contribution in [0.2, 0.25) is 0 Å². The summed E-state index contributed by atoms with van der Waals surface area (Å²) in [7, 11) is 0. The molecule has 96 valence electrons. The molecule has 3 N–H and O–H groups in total. The summed E-state index contributed by atoms with van der Waals surface area (Å²) in [6, 6.07) is 10.1. The molecule has 0 saturated carbocycles. The highest BCUT2D eigenvalue weighted by Gasteiger charge is 2.10. The Morgan fingerprint density at radius 3 is 2.78 bits per heavy atom. The van der Waals surface area contributed by atoms with Gasteiger partial charge in [-0.15, -0.1) is 0 Å². The third-order valence-electron chi connectivity index (χ3n) is 3.20. The van der Waals surface area contributed by atoms with Gasteiger partial charge in [0.15, 0.2) is 0 Å². The monoisotopic (exact) mass is 244 g/mol. The van der Waals surface area contributed by atoms with Crippen molar-refractivity contribution in [1.82, 2.24) is 4.98 Å². The van der Waals surface area contributed by atoms with Gasteiger partial charge in [0.1, 0.15) is 5.75 Å². The Kier molecular flexibility index (Phi) is 4.42. The number of aromatic nitrogens is 1. The molecule has 2 aromatic rings. The number of benzene rings is 1. The molecule has 1 unspecified atom stereocenters. The van der Waals surface area contributed by atoms with Gasteiger partial charge in [0.2, 0.25) is 0 Å². The second kappa shape index (κ2) is 6.26. The lowest BCUT2D eigenvalue weighted by molar-refractivity contribution is 0.296. The van der Waals surface area contributed by atoms with Gasteiger partial charge in [-0.25, -0.2) is 0 Å². The quantitative estimate of drug-likeness (QED) is 0.821. The summed E-state index contributed by atoms with van der Waals surface area (Å²) in [5.74, 6) is 1.32. The maximum Gasteiger partial charge on any atom is 0.122 e.